The zero-order valence-electron chi connectivity index (χ0n) is 9.43. The molecule has 1 saturated heterocycles. The highest BCUT2D eigenvalue weighted by Crippen LogP contribution is 2.48. The quantitative estimate of drug-likeness (QED) is 0.704. The first-order valence-electron chi connectivity index (χ1n) is 5.95. The smallest absolute Gasteiger partial charge is 0.0100 e. The second-order valence-corrected chi connectivity index (χ2v) is 6.16. The van der Waals surface area contributed by atoms with Crippen LogP contribution in [0, 0.1) is 11.3 Å². The Bertz CT molecular complexity index is 200. The molecule has 0 radical (unpaired) electrons. The van der Waals surface area contributed by atoms with Crippen LogP contribution in [0.25, 0.3) is 0 Å². The minimum absolute atomic E-state index is 0.658. The molecular formula is C12H22BrN. The number of piperidine rings is 1. The van der Waals surface area contributed by atoms with E-state index < -0.39 is 0 Å². The molecule has 0 aromatic heterocycles. The molecule has 1 aliphatic carbocycles. The first kappa shape index (κ1) is 10.9. The fraction of sp³-hybridized carbons (Fsp3) is 1.00. The summed E-state index contributed by atoms with van der Waals surface area (Å²) >= 11 is 3.67. The predicted molar refractivity (Wildman–Crippen MR) is 64.9 cm³/mol. The van der Waals surface area contributed by atoms with E-state index in [1.807, 2.05) is 0 Å². The first-order valence-corrected chi connectivity index (χ1v) is 7.07. The molecule has 0 aromatic carbocycles. The van der Waals surface area contributed by atoms with Crippen molar-refractivity contribution in [3.8, 4) is 0 Å². The van der Waals surface area contributed by atoms with Crippen molar-refractivity contribution in [2.75, 3.05) is 18.4 Å². The van der Waals surface area contributed by atoms with Crippen molar-refractivity contribution >= 4 is 15.9 Å². The summed E-state index contributed by atoms with van der Waals surface area (Å²) in [4.78, 5) is 2.72. The van der Waals surface area contributed by atoms with Crippen LogP contribution in [-0.2, 0) is 0 Å². The van der Waals surface area contributed by atoms with Gasteiger partial charge < -0.3 is 0 Å². The number of rotatable bonds is 3. The lowest BCUT2D eigenvalue weighted by molar-refractivity contribution is 0.104. The molecule has 2 rings (SSSR count). The summed E-state index contributed by atoms with van der Waals surface area (Å²) < 4.78 is 0. The number of halogens is 1. The molecular weight excluding hydrogens is 238 g/mol. The monoisotopic (exact) mass is 259 g/mol. The number of alkyl halides is 1. The SMILES string of the molecule is CC1CCC(C)N(CC2(CBr)CC2)C1. The average Bonchev–Trinajstić information content (AvgIpc) is 2.92. The van der Waals surface area contributed by atoms with Crippen LogP contribution < -0.4 is 0 Å². The Kier molecular flexibility index (Phi) is 3.23. The Morgan fingerprint density at radius 3 is 2.57 bits per heavy atom. The summed E-state index contributed by atoms with van der Waals surface area (Å²) in [6.45, 7) is 7.46. The van der Waals surface area contributed by atoms with Crippen LogP contribution in [0.15, 0.2) is 0 Å². The molecule has 2 heteroatoms. The van der Waals surface area contributed by atoms with Gasteiger partial charge in [0.05, 0.1) is 0 Å². The van der Waals surface area contributed by atoms with Gasteiger partial charge in [0, 0.05) is 24.5 Å². The zero-order valence-corrected chi connectivity index (χ0v) is 11.0. The number of nitrogens with zero attached hydrogens (tertiary/aromatic N) is 1. The molecule has 2 unspecified atom stereocenters. The fourth-order valence-corrected chi connectivity index (χ4v) is 3.28. The largest absolute Gasteiger partial charge is 0.300 e. The molecule has 2 fully saturated rings. The minimum Gasteiger partial charge on any atom is -0.300 e. The highest BCUT2D eigenvalue weighted by molar-refractivity contribution is 9.09. The lowest BCUT2D eigenvalue weighted by atomic mass is 9.93. The summed E-state index contributed by atoms with van der Waals surface area (Å²) in [6, 6.07) is 0.822. The van der Waals surface area contributed by atoms with Gasteiger partial charge in [0.2, 0.25) is 0 Å². The molecule has 2 aliphatic rings. The highest BCUT2D eigenvalue weighted by Gasteiger charge is 2.43. The van der Waals surface area contributed by atoms with Gasteiger partial charge >= 0.3 is 0 Å². The van der Waals surface area contributed by atoms with Crippen LogP contribution in [0.5, 0.6) is 0 Å². The van der Waals surface area contributed by atoms with Crippen molar-refractivity contribution in [1.29, 1.82) is 0 Å². The van der Waals surface area contributed by atoms with Crippen LogP contribution in [0.2, 0.25) is 0 Å². The summed E-state index contributed by atoms with van der Waals surface area (Å²) in [6.07, 6.45) is 5.71. The Hall–Kier alpha value is 0.440. The van der Waals surface area contributed by atoms with Crippen LogP contribution in [0.3, 0.4) is 0 Å². The van der Waals surface area contributed by atoms with Crippen LogP contribution in [0.4, 0.5) is 0 Å². The molecule has 14 heavy (non-hydrogen) atoms. The van der Waals surface area contributed by atoms with Gasteiger partial charge in [-0.2, -0.15) is 0 Å². The average molecular weight is 260 g/mol. The van der Waals surface area contributed by atoms with Gasteiger partial charge in [-0.1, -0.05) is 22.9 Å². The van der Waals surface area contributed by atoms with Gasteiger partial charge in [0.25, 0.3) is 0 Å². The Labute approximate surface area is 96.4 Å². The maximum atomic E-state index is 3.67. The molecule has 0 aromatic rings. The molecule has 2 atom stereocenters. The Morgan fingerprint density at radius 2 is 2.00 bits per heavy atom. The Morgan fingerprint density at radius 1 is 1.29 bits per heavy atom. The van der Waals surface area contributed by atoms with E-state index in [2.05, 4.69) is 34.7 Å². The normalized spacial score (nSPS) is 37.1. The van der Waals surface area contributed by atoms with E-state index in [9.17, 15) is 0 Å². The molecule has 0 bridgehead atoms. The highest BCUT2D eigenvalue weighted by atomic mass is 79.9. The summed E-state index contributed by atoms with van der Waals surface area (Å²) in [5, 5.41) is 1.21. The molecule has 0 spiro atoms. The lowest BCUT2D eigenvalue weighted by Gasteiger charge is -2.38. The van der Waals surface area contributed by atoms with Crippen LogP contribution in [-0.4, -0.2) is 29.4 Å². The summed E-state index contributed by atoms with van der Waals surface area (Å²) in [5.41, 5.74) is 0.658. The van der Waals surface area contributed by atoms with E-state index in [0.717, 1.165) is 12.0 Å². The van der Waals surface area contributed by atoms with Gasteiger partial charge in [0.15, 0.2) is 0 Å². The third kappa shape index (κ3) is 2.33. The summed E-state index contributed by atoms with van der Waals surface area (Å²) in [5.74, 6) is 0.914. The van der Waals surface area contributed by atoms with E-state index in [0.29, 0.717) is 5.41 Å². The third-order valence-corrected chi connectivity index (χ3v) is 5.22. The third-order valence-electron chi connectivity index (χ3n) is 4.03. The molecule has 0 N–H and O–H groups in total. The van der Waals surface area contributed by atoms with E-state index in [1.54, 1.807) is 0 Å². The maximum absolute atomic E-state index is 3.67. The standard InChI is InChI=1S/C12H22BrN/c1-10-3-4-11(2)14(7-10)9-12(8-13)5-6-12/h10-11H,3-9H2,1-2H3. The minimum atomic E-state index is 0.658. The molecule has 1 saturated carbocycles. The van der Waals surface area contributed by atoms with E-state index in [1.165, 1.54) is 44.1 Å². The molecule has 82 valence electrons. The molecule has 1 heterocycles. The van der Waals surface area contributed by atoms with E-state index >= 15 is 0 Å². The van der Waals surface area contributed by atoms with E-state index in [-0.39, 0.29) is 0 Å². The maximum Gasteiger partial charge on any atom is 0.0100 e. The van der Waals surface area contributed by atoms with Crippen molar-refractivity contribution in [2.24, 2.45) is 11.3 Å². The van der Waals surface area contributed by atoms with Crippen molar-refractivity contribution < 1.29 is 0 Å². The van der Waals surface area contributed by atoms with Gasteiger partial charge in [0.1, 0.15) is 0 Å². The second kappa shape index (κ2) is 4.13. The van der Waals surface area contributed by atoms with Crippen molar-refractivity contribution in [2.45, 2.75) is 45.6 Å². The first-order chi connectivity index (χ1) is 6.65. The van der Waals surface area contributed by atoms with Crippen molar-refractivity contribution in [3.63, 3.8) is 0 Å². The zero-order chi connectivity index (χ0) is 10.2. The fourth-order valence-electron chi connectivity index (χ4n) is 2.54. The number of hydrogen-bond donors (Lipinski definition) is 0. The Balaban J connectivity index is 1.89. The lowest BCUT2D eigenvalue weighted by Crippen LogP contribution is -2.44. The second-order valence-electron chi connectivity index (χ2n) is 5.59. The van der Waals surface area contributed by atoms with Gasteiger partial charge in [-0.05, 0) is 43.9 Å². The molecule has 1 nitrogen and oxygen atoms in total. The topological polar surface area (TPSA) is 3.24 Å². The van der Waals surface area contributed by atoms with Crippen LogP contribution in [0.1, 0.15) is 39.5 Å². The van der Waals surface area contributed by atoms with E-state index in [4.69, 9.17) is 0 Å². The number of hydrogen-bond acceptors (Lipinski definition) is 1. The van der Waals surface area contributed by atoms with Crippen molar-refractivity contribution in [3.05, 3.63) is 0 Å². The molecule has 0 amide bonds. The predicted octanol–water partition coefficient (Wildman–Crippen LogP) is 3.28. The van der Waals surface area contributed by atoms with Gasteiger partial charge in [-0.15, -0.1) is 0 Å². The number of likely N-dealkylation sites (tertiary alicyclic amines) is 1. The molecule has 1 aliphatic heterocycles. The van der Waals surface area contributed by atoms with Crippen molar-refractivity contribution in [1.82, 2.24) is 4.90 Å². The van der Waals surface area contributed by atoms with Gasteiger partial charge in [-0.3, -0.25) is 4.90 Å². The van der Waals surface area contributed by atoms with Crippen LogP contribution >= 0.6 is 15.9 Å². The van der Waals surface area contributed by atoms with Gasteiger partial charge in [-0.25, -0.2) is 0 Å². The summed E-state index contributed by atoms with van der Waals surface area (Å²) in [7, 11) is 0.